The van der Waals surface area contributed by atoms with E-state index in [1.807, 2.05) is 50.2 Å². The molecule has 0 aliphatic heterocycles. The summed E-state index contributed by atoms with van der Waals surface area (Å²) < 4.78 is 5.89. The highest BCUT2D eigenvalue weighted by Gasteiger charge is 2.18. The number of aryl methyl sites for hydroxylation is 2. The van der Waals surface area contributed by atoms with Gasteiger partial charge in [-0.3, -0.25) is 4.79 Å². The number of ether oxygens (including phenoxy) is 1. The average Bonchev–Trinajstić information content (AvgIpc) is 2.50. The van der Waals surface area contributed by atoms with Crippen molar-refractivity contribution in [2.24, 2.45) is 0 Å². The lowest BCUT2D eigenvalue weighted by Crippen LogP contribution is -2.30. The highest BCUT2D eigenvalue weighted by atomic mass is 16.5. The number of amides is 1. The maximum absolute atomic E-state index is 12.4. The second-order valence-corrected chi connectivity index (χ2v) is 6.26. The van der Waals surface area contributed by atoms with Gasteiger partial charge in [-0.2, -0.15) is 0 Å². The summed E-state index contributed by atoms with van der Waals surface area (Å²) in [6, 6.07) is 13.8. The molecule has 1 atom stereocenters. The van der Waals surface area contributed by atoms with Crippen molar-refractivity contribution in [1.82, 2.24) is 0 Å². The van der Waals surface area contributed by atoms with Gasteiger partial charge in [0, 0.05) is 5.69 Å². The maximum atomic E-state index is 12.4. The number of rotatable bonds is 5. The van der Waals surface area contributed by atoms with E-state index in [0.717, 1.165) is 22.6 Å². The molecule has 0 radical (unpaired) electrons. The van der Waals surface area contributed by atoms with Crippen LogP contribution in [0.1, 0.15) is 43.4 Å². The van der Waals surface area contributed by atoms with Gasteiger partial charge in [-0.15, -0.1) is 0 Å². The van der Waals surface area contributed by atoms with E-state index in [9.17, 15) is 4.79 Å². The van der Waals surface area contributed by atoms with E-state index in [2.05, 4.69) is 25.2 Å². The van der Waals surface area contributed by atoms with Crippen molar-refractivity contribution >= 4 is 11.6 Å². The predicted molar refractivity (Wildman–Crippen MR) is 95.2 cm³/mol. The third-order valence-corrected chi connectivity index (χ3v) is 3.85. The van der Waals surface area contributed by atoms with E-state index in [-0.39, 0.29) is 5.91 Å². The molecule has 0 fully saturated rings. The topological polar surface area (TPSA) is 38.3 Å². The Balaban J connectivity index is 2.09. The first-order valence-electron chi connectivity index (χ1n) is 8.02. The third kappa shape index (κ3) is 4.35. The Labute approximate surface area is 138 Å². The normalized spacial score (nSPS) is 12.1. The summed E-state index contributed by atoms with van der Waals surface area (Å²) in [5, 5.41) is 2.94. The van der Waals surface area contributed by atoms with E-state index >= 15 is 0 Å². The zero-order valence-electron chi connectivity index (χ0n) is 14.5. The molecule has 2 aromatic rings. The van der Waals surface area contributed by atoms with Crippen LogP contribution < -0.4 is 10.1 Å². The van der Waals surface area contributed by atoms with Crippen LogP contribution in [0.25, 0.3) is 0 Å². The molecule has 23 heavy (non-hydrogen) atoms. The molecule has 3 nitrogen and oxygen atoms in total. The zero-order valence-corrected chi connectivity index (χ0v) is 14.5. The third-order valence-electron chi connectivity index (χ3n) is 3.85. The molecule has 1 N–H and O–H groups in total. The van der Waals surface area contributed by atoms with Crippen molar-refractivity contribution in [3.8, 4) is 5.75 Å². The molecule has 1 amide bonds. The van der Waals surface area contributed by atoms with Crippen LogP contribution >= 0.6 is 0 Å². The lowest BCUT2D eigenvalue weighted by atomic mass is 10.0. The maximum Gasteiger partial charge on any atom is 0.265 e. The molecule has 0 unspecified atom stereocenters. The zero-order chi connectivity index (χ0) is 17.0. The molecule has 0 saturated carbocycles. The summed E-state index contributed by atoms with van der Waals surface area (Å²) in [6.45, 7) is 10.0. The van der Waals surface area contributed by atoms with Gasteiger partial charge in [0.25, 0.3) is 5.91 Å². The van der Waals surface area contributed by atoms with Crippen LogP contribution in [0.4, 0.5) is 5.69 Å². The molecule has 0 aliphatic rings. The SMILES string of the molecule is Cc1ccc(NC(=O)[C@@H](C)Oc2ccccc2C(C)C)c(C)c1. The number of anilines is 1. The summed E-state index contributed by atoms with van der Waals surface area (Å²) in [5.41, 5.74) is 4.16. The van der Waals surface area contributed by atoms with Crippen LogP contribution in [0.3, 0.4) is 0 Å². The molecule has 0 aromatic heterocycles. The fraction of sp³-hybridized carbons (Fsp3) is 0.350. The number of nitrogens with one attached hydrogen (secondary N) is 1. The van der Waals surface area contributed by atoms with Gasteiger partial charge in [0.2, 0.25) is 0 Å². The first-order chi connectivity index (χ1) is 10.9. The Kier molecular flexibility index (Phi) is 5.43. The molecular formula is C20H25NO2. The number of hydrogen-bond acceptors (Lipinski definition) is 2. The van der Waals surface area contributed by atoms with E-state index in [4.69, 9.17) is 4.74 Å². The van der Waals surface area contributed by atoms with Gasteiger partial charge < -0.3 is 10.1 Å². The van der Waals surface area contributed by atoms with Crippen LogP contribution in [-0.4, -0.2) is 12.0 Å². The van der Waals surface area contributed by atoms with Gasteiger partial charge in [0.05, 0.1) is 0 Å². The first-order valence-corrected chi connectivity index (χ1v) is 8.02. The van der Waals surface area contributed by atoms with Crippen molar-refractivity contribution in [3.05, 3.63) is 59.2 Å². The minimum Gasteiger partial charge on any atom is -0.481 e. The lowest BCUT2D eigenvalue weighted by Gasteiger charge is -2.19. The largest absolute Gasteiger partial charge is 0.481 e. The number of benzene rings is 2. The average molecular weight is 311 g/mol. The van der Waals surface area contributed by atoms with Gasteiger partial charge in [-0.25, -0.2) is 0 Å². The standard InChI is InChI=1S/C20H25NO2/c1-13(2)17-8-6-7-9-19(17)23-16(5)20(22)21-18-11-10-14(3)12-15(18)4/h6-13,16H,1-5H3,(H,21,22)/t16-/m1/s1. The highest BCUT2D eigenvalue weighted by molar-refractivity contribution is 5.94. The van der Waals surface area contributed by atoms with Crippen LogP contribution in [0.15, 0.2) is 42.5 Å². The Morgan fingerprint density at radius 2 is 1.74 bits per heavy atom. The number of carbonyl (C=O) groups excluding carboxylic acids is 1. The van der Waals surface area contributed by atoms with E-state index in [0.29, 0.717) is 5.92 Å². The molecule has 0 heterocycles. The summed E-state index contributed by atoms with van der Waals surface area (Å²) in [4.78, 5) is 12.4. The van der Waals surface area contributed by atoms with Gasteiger partial charge in [0.1, 0.15) is 5.75 Å². The van der Waals surface area contributed by atoms with Gasteiger partial charge in [-0.1, -0.05) is 49.7 Å². The van der Waals surface area contributed by atoms with Crippen molar-refractivity contribution < 1.29 is 9.53 Å². The molecule has 0 bridgehead atoms. The smallest absolute Gasteiger partial charge is 0.265 e. The fourth-order valence-corrected chi connectivity index (χ4v) is 2.50. The molecule has 2 aromatic carbocycles. The van der Waals surface area contributed by atoms with Gasteiger partial charge in [0.15, 0.2) is 6.10 Å². The monoisotopic (exact) mass is 311 g/mol. The summed E-state index contributed by atoms with van der Waals surface area (Å²) in [5.74, 6) is 0.974. The van der Waals surface area contributed by atoms with E-state index in [1.54, 1.807) is 6.92 Å². The van der Waals surface area contributed by atoms with Crippen molar-refractivity contribution in [2.45, 2.75) is 46.6 Å². The molecule has 2 rings (SSSR count). The second kappa shape index (κ2) is 7.32. The quantitative estimate of drug-likeness (QED) is 0.858. The molecule has 0 saturated heterocycles. The first kappa shape index (κ1) is 17.1. The Bertz CT molecular complexity index is 692. The van der Waals surface area contributed by atoms with Crippen molar-refractivity contribution in [1.29, 1.82) is 0 Å². The minimum atomic E-state index is -0.560. The number of para-hydroxylation sites is 1. The summed E-state index contributed by atoms with van der Waals surface area (Å²) in [6.07, 6.45) is -0.560. The van der Waals surface area contributed by atoms with Crippen molar-refractivity contribution in [3.63, 3.8) is 0 Å². The Morgan fingerprint density at radius 3 is 2.39 bits per heavy atom. The van der Waals surface area contributed by atoms with Crippen LogP contribution in [0.5, 0.6) is 5.75 Å². The summed E-state index contributed by atoms with van der Waals surface area (Å²) in [7, 11) is 0. The number of hydrogen-bond donors (Lipinski definition) is 1. The molecular weight excluding hydrogens is 286 g/mol. The second-order valence-electron chi connectivity index (χ2n) is 6.26. The Hall–Kier alpha value is -2.29. The molecule has 122 valence electrons. The molecule has 0 aliphatic carbocycles. The van der Waals surface area contributed by atoms with Gasteiger partial charge in [-0.05, 0) is 49.9 Å². The van der Waals surface area contributed by atoms with E-state index < -0.39 is 6.10 Å². The fourth-order valence-electron chi connectivity index (χ4n) is 2.50. The molecule has 3 heteroatoms. The van der Waals surface area contributed by atoms with Crippen LogP contribution in [-0.2, 0) is 4.79 Å². The highest BCUT2D eigenvalue weighted by Crippen LogP contribution is 2.27. The number of carbonyl (C=O) groups is 1. The lowest BCUT2D eigenvalue weighted by molar-refractivity contribution is -0.122. The van der Waals surface area contributed by atoms with Gasteiger partial charge >= 0.3 is 0 Å². The van der Waals surface area contributed by atoms with Crippen LogP contribution in [0.2, 0.25) is 0 Å². The van der Waals surface area contributed by atoms with Crippen molar-refractivity contribution in [2.75, 3.05) is 5.32 Å². The van der Waals surface area contributed by atoms with E-state index in [1.165, 1.54) is 5.56 Å². The van der Waals surface area contributed by atoms with Crippen LogP contribution in [0, 0.1) is 13.8 Å². The molecule has 0 spiro atoms. The predicted octanol–water partition coefficient (Wildman–Crippen LogP) is 4.83. The Morgan fingerprint density at radius 1 is 1.04 bits per heavy atom. The minimum absolute atomic E-state index is 0.143. The summed E-state index contributed by atoms with van der Waals surface area (Å²) >= 11 is 0.